The minimum absolute atomic E-state index is 0.0167. The van der Waals surface area contributed by atoms with Gasteiger partial charge in [-0.1, -0.05) is 29.8 Å². The molecule has 3 rings (SSSR count). The van der Waals surface area contributed by atoms with E-state index >= 15 is 0 Å². The number of amides is 1. The maximum absolute atomic E-state index is 12.8. The van der Waals surface area contributed by atoms with Gasteiger partial charge in [0.05, 0.1) is 12.1 Å². The molecule has 2 N–H and O–H groups in total. The maximum Gasteiger partial charge on any atom is 0.263 e. The van der Waals surface area contributed by atoms with Crippen molar-refractivity contribution in [2.75, 3.05) is 17.1 Å². The summed E-state index contributed by atoms with van der Waals surface area (Å²) in [5.41, 5.74) is 1.99. The zero-order chi connectivity index (χ0) is 21.0. The first-order valence-electron chi connectivity index (χ1n) is 8.63. The number of rotatable bonds is 6. The van der Waals surface area contributed by atoms with Gasteiger partial charge in [0, 0.05) is 23.0 Å². The average molecular weight is 431 g/mol. The first kappa shape index (κ1) is 20.7. The molecule has 0 unspecified atom stereocenters. The molecule has 8 heteroatoms. The van der Waals surface area contributed by atoms with Crippen LogP contribution in [0.3, 0.4) is 0 Å². The average Bonchev–Trinajstić information content (AvgIpc) is 2.68. The fourth-order valence-electron chi connectivity index (χ4n) is 2.67. The van der Waals surface area contributed by atoms with Gasteiger partial charge in [0.15, 0.2) is 0 Å². The van der Waals surface area contributed by atoms with Crippen LogP contribution < -0.4 is 14.8 Å². The monoisotopic (exact) mass is 430 g/mol. The number of aryl methyl sites for hydroxylation is 1. The molecule has 0 aliphatic heterocycles. The number of hydrogen-bond donors (Lipinski definition) is 2. The van der Waals surface area contributed by atoms with Crippen molar-refractivity contribution in [1.82, 2.24) is 0 Å². The molecular weight excluding hydrogens is 412 g/mol. The summed E-state index contributed by atoms with van der Waals surface area (Å²) < 4.78 is 33.2. The standard InChI is InChI=1S/C21H19ClN2O4S/c1-14-5-3-7-17(11-14)24-29(26,27)20-12-15(9-10-19(20)22)21(25)23-16-6-4-8-18(13-16)28-2/h3-13,24H,1-2H3,(H,23,25). The van der Waals surface area contributed by atoms with Crippen molar-refractivity contribution in [3.8, 4) is 5.75 Å². The molecule has 0 radical (unpaired) electrons. The van der Waals surface area contributed by atoms with Crippen LogP contribution in [0.25, 0.3) is 0 Å². The number of carbonyl (C=O) groups excluding carboxylic acids is 1. The summed E-state index contributed by atoms with van der Waals surface area (Å²) in [6.07, 6.45) is 0. The summed E-state index contributed by atoms with van der Waals surface area (Å²) in [4.78, 5) is 12.4. The summed E-state index contributed by atoms with van der Waals surface area (Å²) in [6, 6.07) is 17.9. The Labute approximate surface area is 174 Å². The SMILES string of the molecule is COc1cccc(NC(=O)c2ccc(Cl)c(S(=O)(=O)Nc3cccc(C)c3)c2)c1. The first-order chi connectivity index (χ1) is 13.8. The van der Waals surface area contributed by atoms with Crippen LogP contribution in [0.4, 0.5) is 11.4 Å². The Balaban J connectivity index is 1.87. The van der Waals surface area contributed by atoms with Crippen LogP contribution >= 0.6 is 11.6 Å². The van der Waals surface area contributed by atoms with Crippen molar-refractivity contribution in [2.24, 2.45) is 0 Å². The van der Waals surface area contributed by atoms with E-state index in [1.165, 1.54) is 25.3 Å². The van der Waals surface area contributed by atoms with Gasteiger partial charge in [0.1, 0.15) is 10.6 Å². The Bertz CT molecular complexity index is 1160. The predicted molar refractivity (Wildman–Crippen MR) is 114 cm³/mol. The lowest BCUT2D eigenvalue weighted by atomic mass is 10.2. The van der Waals surface area contributed by atoms with E-state index in [0.717, 1.165) is 5.56 Å². The van der Waals surface area contributed by atoms with E-state index in [1.807, 2.05) is 13.0 Å². The summed E-state index contributed by atoms with van der Waals surface area (Å²) in [5.74, 6) is 0.117. The molecule has 0 fully saturated rings. The number of methoxy groups -OCH3 is 1. The lowest BCUT2D eigenvalue weighted by Crippen LogP contribution is -2.16. The molecule has 3 aromatic carbocycles. The third-order valence-electron chi connectivity index (χ3n) is 4.08. The molecule has 0 aliphatic rings. The summed E-state index contributed by atoms with van der Waals surface area (Å²) in [5, 5.41) is 2.73. The van der Waals surface area contributed by atoms with Crippen LogP contribution in [0.2, 0.25) is 5.02 Å². The van der Waals surface area contributed by atoms with Crippen LogP contribution in [-0.2, 0) is 10.0 Å². The zero-order valence-corrected chi connectivity index (χ0v) is 17.3. The van der Waals surface area contributed by atoms with Crippen LogP contribution in [-0.4, -0.2) is 21.4 Å². The molecule has 0 aliphatic carbocycles. The van der Waals surface area contributed by atoms with Crippen molar-refractivity contribution in [1.29, 1.82) is 0 Å². The number of hydrogen-bond acceptors (Lipinski definition) is 4. The molecule has 0 aromatic heterocycles. The number of benzene rings is 3. The minimum atomic E-state index is -3.98. The smallest absolute Gasteiger partial charge is 0.263 e. The van der Waals surface area contributed by atoms with Crippen LogP contribution in [0.1, 0.15) is 15.9 Å². The quantitative estimate of drug-likeness (QED) is 0.593. The third kappa shape index (κ3) is 5.07. The van der Waals surface area contributed by atoms with Gasteiger partial charge in [0.2, 0.25) is 0 Å². The van der Waals surface area contributed by atoms with Gasteiger partial charge in [-0.3, -0.25) is 9.52 Å². The number of carbonyl (C=O) groups is 1. The number of halogens is 1. The number of anilines is 2. The van der Waals surface area contributed by atoms with E-state index in [-0.39, 0.29) is 15.5 Å². The second kappa shape index (κ2) is 8.55. The largest absolute Gasteiger partial charge is 0.497 e. The third-order valence-corrected chi connectivity index (χ3v) is 5.94. The molecule has 0 heterocycles. The molecule has 6 nitrogen and oxygen atoms in total. The van der Waals surface area contributed by atoms with Crippen LogP contribution in [0.15, 0.2) is 71.6 Å². The lowest BCUT2D eigenvalue weighted by molar-refractivity contribution is 0.102. The highest BCUT2D eigenvalue weighted by atomic mass is 35.5. The molecule has 0 atom stereocenters. The fraction of sp³-hybridized carbons (Fsp3) is 0.0952. The van der Waals surface area contributed by atoms with Crippen LogP contribution in [0, 0.1) is 6.92 Å². The van der Waals surface area contributed by atoms with Crippen molar-refractivity contribution in [2.45, 2.75) is 11.8 Å². The Hall–Kier alpha value is -3.03. The van der Waals surface area contributed by atoms with Gasteiger partial charge in [0.25, 0.3) is 15.9 Å². The van der Waals surface area contributed by atoms with Crippen molar-refractivity contribution in [3.63, 3.8) is 0 Å². The number of nitrogens with one attached hydrogen (secondary N) is 2. The van der Waals surface area contributed by atoms with E-state index in [2.05, 4.69) is 10.0 Å². The van der Waals surface area contributed by atoms with Gasteiger partial charge in [-0.15, -0.1) is 0 Å². The van der Waals surface area contributed by atoms with Gasteiger partial charge in [-0.25, -0.2) is 8.42 Å². The highest BCUT2D eigenvalue weighted by Crippen LogP contribution is 2.26. The Kier molecular flexibility index (Phi) is 6.10. The molecule has 0 saturated carbocycles. The van der Waals surface area contributed by atoms with Crippen molar-refractivity contribution >= 4 is 38.9 Å². The summed E-state index contributed by atoms with van der Waals surface area (Å²) in [6.45, 7) is 1.86. The van der Waals surface area contributed by atoms with Gasteiger partial charge < -0.3 is 10.1 Å². The molecule has 29 heavy (non-hydrogen) atoms. The maximum atomic E-state index is 12.8. The molecule has 0 bridgehead atoms. The second-order valence-electron chi connectivity index (χ2n) is 6.31. The van der Waals surface area contributed by atoms with E-state index in [9.17, 15) is 13.2 Å². The van der Waals surface area contributed by atoms with E-state index < -0.39 is 15.9 Å². The highest BCUT2D eigenvalue weighted by Gasteiger charge is 2.20. The number of sulfonamides is 1. The number of ether oxygens (including phenoxy) is 1. The van der Waals surface area contributed by atoms with Gasteiger partial charge in [-0.05, 0) is 55.0 Å². The van der Waals surface area contributed by atoms with Gasteiger partial charge >= 0.3 is 0 Å². The predicted octanol–water partition coefficient (Wildman–Crippen LogP) is 4.71. The normalized spacial score (nSPS) is 11.0. The molecule has 3 aromatic rings. The zero-order valence-electron chi connectivity index (χ0n) is 15.8. The van der Waals surface area contributed by atoms with E-state index in [0.29, 0.717) is 17.1 Å². The second-order valence-corrected chi connectivity index (χ2v) is 8.36. The van der Waals surface area contributed by atoms with Crippen molar-refractivity contribution < 1.29 is 17.9 Å². The molecular formula is C21H19ClN2O4S. The lowest BCUT2D eigenvalue weighted by Gasteiger charge is -2.12. The highest BCUT2D eigenvalue weighted by molar-refractivity contribution is 7.92. The molecule has 0 spiro atoms. The van der Waals surface area contributed by atoms with Crippen LogP contribution in [0.5, 0.6) is 5.75 Å². The Morgan fingerprint density at radius 1 is 0.966 bits per heavy atom. The minimum Gasteiger partial charge on any atom is -0.497 e. The van der Waals surface area contributed by atoms with Crippen molar-refractivity contribution in [3.05, 3.63) is 82.9 Å². The topological polar surface area (TPSA) is 84.5 Å². The van der Waals surface area contributed by atoms with E-state index in [4.69, 9.17) is 16.3 Å². The Morgan fingerprint density at radius 2 is 1.69 bits per heavy atom. The summed E-state index contributed by atoms with van der Waals surface area (Å²) in [7, 11) is -2.46. The molecule has 150 valence electrons. The molecule has 1 amide bonds. The fourth-order valence-corrected chi connectivity index (χ4v) is 4.25. The molecule has 0 saturated heterocycles. The Morgan fingerprint density at radius 3 is 2.41 bits per heavy atom. The first-order valence-corrected chi connectivity index (χ1v) is 10.5. The van der Waals surface area contributed by atoms with E-state index in [1.54, 1.807) is 42.5 Å². The van der Waals surface area contributed by atoms with Gasteiger partial charge in [-0.2, -0.15) is 0 Å². The summed E-state index contributed by atoms with van der Waals surface area (Å²) >= 11 is 6.12.